The van der Waals surface area contributed by atoms with Crippen molar-refractivity contribution in [2.24, 2.45) is 0 Å². The minimum Gasteiger partial charge on any atom is -0.458 e. The first-order valence-corrected chi connectivity index (χ1v) is 8.73. The number of nitrogens with one attached hydrogen (secondary N) is 1. The van der Waals surface area contributed by atoms with Crippen LogP contribution in [0, 0.1) is 5.82 Å². The van der Waals surface area contributed by atoms with Gasteiger partial charge in [-0.05, 0) is 30.5 Å². The highest BCUT2D eigenvalue weighted by atomic mass is 19.1. The SMILES string of the molecule is O=C(NCc1ccc2c(c1)OCO2)N1CCC[C@@H](Oc2ncc(F)cn2)C1. The van der Waals surface area contributed by atoms with E-state index in [-0.39, 0.29) is 24.9 Å². The smallest absolute Gasteiger partial charge is 0.317 e. The largest absolute Gasteiger partial charge is 0.458 e. The zero-order valence-corrected chi connectivity index (χ0v) is 14.6. The maximum absolute atomic E-state index is 12.9. The van der Waals surface area contributed by atoms with Gasteiger partial charge < -0.3 is 24.4 Å². The van der Waals surface area contributed by atoms with E-state index < -0.39 is 5.82 Å². The number of piperidine rings is 1. The Morgan fingerprint density at radius 1 is 1.30 bits per heavy atom. The van der Waals surface area contributed by atoms with Gasteiger partial charge in [0.15, 0.2) is 17.3 Å². The van der Waals surface area contributed by atoms with Crippen LogP contribution in [0.4, 0.5) is 9.18 Å². The second-order valence-corrected chi connectivity index (χ2v) is 6.36. The number of nitrogens with zero attached hydrogens (tertiary/aromatic N) is 3. The summed E-state index contributed by atoms with van der Waals surface area (Å²) in [7, 11) is 0. The predicted molar refractivity (Wildman–Crippen MR) is 92.0 cm³/mol. The van der Waals surface area contributed by atoms with Crippen molar-refractivity contribution in [2.75, 3.05) is 19.9 Å². The van der Waals surface area contributed by atoms with Crippen molar-refractivity contribution < 1.29 is 23.4 Å². The number of carbonyl (C=O) groups is 1. The number of urea groups is 1. The molecule has 0 radical (unpaired) electrons. The molecule has 1 atom stereocenters. The van der Waals surface area contributed by atoms with Crippen LogP contribution >= 0.6 is 0 Å². The number of halogens is 1. The number of hydrogen-bond acceptors (Lipinski definition) is 6. The number of aromatic nitrogens is 2. The molecule has 3 heterocycles. The normalized spacial score (nSPS) is 18.3. The summed E-state index contributed by atoms with van der Waals surface area (Å²) < 4.78 is 29.2. The number of amides is 2. The van der Waals surface area contributed by atoms with Crippen molar-refractivity contribution in [2.45, 2.75) is 25.5 Å². The first-order chi connectivity index (χ1) is 13.2. The third kappa shape index (κ3) is 4.18. The molecule has 1 N–H and O–H groups in total. The average Bonchev–Trinajstić information content (AvgIpc) is 3.16. The number of likely N-dealkylation sites (tertiary alicyclic amines) is 1. The summed E-state index contributed by atoms with van der Waals surface area (Å²) in [5.41, 5.74) is 0.928. The van der Waals surface area contributed by atoms with Crippen molar-refractivity contribution in [3.8, 4) is 17.5 Å². The molecule has 2 aromatic rings. The van der Waals surface area contributed by atoms with Gasteiger partial charge in [0, 0.05) is 13.1 Å². The second-order valence-electron chi connectivity index (χ2n) is 6.36. The topological polar surface area (TPSA) is 85.8 Å². The Kier molecular flexibility index (Phi) is 4.91. The van der Waals surface area contributed by atoms with E-state index in [2.05, 4.69) is 15.3 Å². The van der Waals surface area contributed by atoms with E-state index in [0.717, 1.165) is 30.8 Å². The third-order valence-electron chi connectivity index (χ3n) is 4.41. The van der Waals surface area contributed by atoms with Crippen molar-refractivity contribution in [1.29, 1.82) is 0 Å². The fourth-order valence-corrected chi connectivity index (χ4v) is 3.07. The summed E-state index contributed by atoms with van der Waals surface area (Å²) in [5.74, 6) is 0.882. The fourth-order valence-electron chi connectivity index (χ4n) is 3.07. The van der Waals surface area contributed by atoms with Gasteiger partial charge in [0.2, 0.25) is 6.79 Å². The Hall–Kier alpha value is -3.10. The fraction of sp³-hybridized carbons (Fsp3) is 0.389. The molecular formula is C18H19FN4O4. The Labute approximate surface area is 155 Å². The van der Waals surface area contributed by atoms with Gasteiger partial charge in [0.05, 0.1) is 18.9 Å². The van der Waals surface area contributed by atoms with Crippen LogP contribution < -0.4 is 19.5 Å². The van der Waals surface area contributed by atoms with Crippen LogP contribution in [0.1, 0.15) is 18.4 Å². The van der Waals surface area contributed by atoms with E-state index in [1.165, 1.54) is 0 Å². The minimum atomic E-state index is -0.518. The van der Waals surface area contributed by atoms with Gasteiger partial charge in [-0.2, -0.15) is 0 Å². The highest BCUT2D eigenvalue weighted by Crippen LogP contribution is 2.32. The summed E-state index contributed by atoms with van der Waals surface area (Å²) in [6, 6.07) is 5.53. The highest BCUT2D eigenvalue weighted by Gasteiger charge is 2.25. The molecule has 4 rings (SSSR count). The van der Waals surface area contributed by atoms with Crippen LogP contribution in [0.15, 0.2) is 30.6 Å². The van der Waals surface area contributed by atoms with E-state index >= 15 is 0 Å². The molecule has 1 saturated heterocycles. The molecule has 27 heavy (non-hydrogen) atoms. The molecule has 0 unspecified atom stereocenters. The van der Waals surface area contributed by atoms with Gasteiger partial charge in [-0.25, -0.2) is 19.2 Å². The predicted octanol–water partition coefficient (Wildman–Crippen LogP) is 2.10. The van der Waals surface area contributed by atoms with Crippen LogP contribution in [0.2, 0.25) is 0 Å². The maximum atomic E-state index is 12.9. The molecule has 0 saturated carbocycles. The lowest BCUT2D eigenvalue weighted by Gasteiger charge is -2.32. The van der Waals surface area contributed by atoms with Crippen molar-refractivity contribution in [3.05, 3.63) is 42.0 Å². The number of hydrogen-bond donors (Lipinski definition) is 1. The zero-order chi connectivity index (χ0) is 18.6. The average molecular weight is 374 g/mol. The summed E-state index contributed by atoms with van der Waals surface area (Å²) in [5, 5.41) is 2.91. The molecule has 2 aliphatic heterocycles. The van der Waals surface area contributed by atoms with Gasteiger partial charge in [0.1, 0.15) is 6.10 Å². The molecule has 8 nitrogen and oxygen atoms in total. The molecule has 2 aliphatic rings. The molecule has 1 aromatic carbocycles. The first kappa shape index (κ1) is 17.3. The van der Waals surface area contributed by atoms with E-state index in [1.54, 1.807) is 4.90 Å². The molecule has 142 valence electrons. The van der Waals surface area contributed by atoms with Crippen molar-refractivity contribution in [3.63, 3.8) is 0 Å². The summed E-state index contributed by atoms with van der Waals surface area (Å²) >= 11 is 0. The number of carbonyl (C=O) groups excluding carboxylic acids is 1. The highest BCUT2D eigenvalue weighted by molar-refractivity contribution is 5.74. The van der Waals surface area contributed by atoms with E-state index in [0.29, 0.717) is 31.1 Å². The Morgan fingerprint density at radius 3 is 2.96 bits per heavy atom. The van der Waals surface area contributed by atoms with Crippen molar-refractivity contribution in [1.82, 2.24) is 20.2 Å². The summed E-state index contributed by atoms with van der Waals surface area (Å²) in [6.07, 6.45) is 3.48. The van der Waals surface area contributed by atoms with E-state index in [9.17, 15) is 9.18 Å². The molecule has 0 bridgehead atoms. The van der Waals surface area contributed by atoms with Gasteiger partial charge >= 0.3 is 12.0 Å². The van der Waals surface area contributed by atoms with Gasteiger partial charge in [-0.15, -0.1) is 0 Å². The lowest BCUT2D eigenvalue weighted by atomic mass is 10.1. The molecule has 1 fully saturated rings. The standard InChI is InChI=1S/C18H19FN4O4/c19-13-8-20-17(21-9-13)27-14-2-1-5-23(10-14)18(24)22-7-12-3-4-15-16(6-12)26-11-25-15/h3-4,6,8-9,14H,1-2,5,7,10-11H2,(H,22,24)/t14-/m1/s1. The van der Waals surface area contributed by atoms with Gasteiger partial charge in [0.25, 0.3) is 0 Å². The van der Waals surface area contributed by atoms with E-state index in [1.807, 2.05) is 18.2 Å². The molecular weight excluding hydrogens is 355 g/mol. The lowest BCUT2D eigenvalue weighted by Crippen LogP contribution is -2.48. The van der Waals surface area contributed by atoms with Crippen LogP contribution in [0.5, 0.6) is 17.5 Å². The summed E-state index contributed by atoms with van der Waals surface area (Å²) in [4.78, 5) is 21.8. The van der Waals surface area contributed by atoms with E-state index in [4.69, 9.17) is 14.2 Å². The number of rotatable bonds is 4. The first-order valence-electron chi connectivity index (χ1n) is 8.73. The Balaban J connectivity index is 1.29. The lowest BCUT2D eigenvalue weighted by molar-refractivity contribution is 0.0936. The molecule has 1 aromatic heterocycles. The molecule has 2 amide bonds. The van der Waals surface area contributed by atoms with Gasteiger partial charge in [-0.1, -0.05) is 6.07 Å². The molecule has 9 heteroatoms. The quantitative estimate of drug-likeness (QED) is 0.882. The Bertz CT molecular complexity index is 818. The van der Waals surface area contributed by atoms with Crippen LogP contribution in [0.25, 0.3) is 0 Å². The van der Waals surface area contributed by atoms with Crippen LogP contribution in [0.3, 0.4) is 0 Å². The number of benzene rings is 1. The monoisotopic (exact) mass is 374 g/mol. The second kappa shape index (κ2) is 7.65. The molecule has 0 spiro atoms. The maximum Gasteiger partial charge on any atom is 0.317 e. The third-order valence-corrected chi connectivity index (χ3v) is 4.41. The van der Waals surface area contributed by atoms with Crippen LogP contribution in [-0.4, -0.2) is 46.9 Å². The zero-order valence-electron chi connectivity index (χ0n) is 14.6. The number of ether oxygens (including phenoxy) is 3. The van der Waals surface area contributed by atoms with Crippen LogP contribution in [-0.2, 0) is 6.54 Å². The molecule has 0 aliphatic carbocycles. The summed E-state index contributed by atoms with van der Waals surface area (Å²) in [6.45, 7) is 1.68. The van der Waals surface area contributed by atoms with Crippen molar-refractivity contribution >= 4 is 6.03 Å². The minimum absolute atomic E-state index is 0.115. The number of fused-ring (bicyclic) bond motifs is 1. The Morgan fingerprint density at radius 2 is 2.11 bits per heavy atom. The van der Waals surface area contributed by atoms with Gasteiger partial charge in [-0.3, -0.25) is 0 Å².